The average Bonchev–Trinajstić information content (AvgIpc) is 3.33. The molecule has 1 atom stereocenters. The fourth-order valence-electron chi connectivity index (χ4n) is 5.44. The van der Waals surface area contributed by atoms with Crippen molar-refractivity contribution in [1.82, 2.24) is 29.4 Å². The van der Waals surface area contributed by atoms with Crippen LogP contribution in [0, 0.1) is 11.3 Å². The number of fused-ring (bicyclic) bond motifs is 3. The van der Waals surface area contributed by atoms with Crippen LogP contribution in [0.5, 0.6) is 5.88 Å². The van der Waals surface area contributed by atoms with Crippen molar-refractivity contribution in [2.75, 3.05) is 27.7 Å². The molecular weight excluding hydrogens is 658 g/mol. The van der Waals surface area contributed by atoms with Gasteiger partial charge in [0, 0.05) is 6.20 Å². The number of hydrogen-bond acceptors (Lipinski definition) is 8. The summed E-state index contributed by atoms with van der Waals surface area (Å²) in [5.41, 5.74) is 6.09. The molecule has 1 fully saturated rings. The molecule has 0 radical (unpaired) electrons. The van der Waals surface area contributed by atoms with Crippen LogP contribution in [0.15, 0.2) is 85.2 Å². The minimum absolute atomic E-state index is 0.0938. The summed E-state index contributed by atoms with van der Waals surface area (Å²) in [5, 5.41) is 9.04. The normalized spacial score (nSPS) is 17.2. The number of hydrogen-bond donors (Lipinski definition) is 1. The first-order valence-electron chi connectivity index (χ1n) is 14.0. The topological polar surface area (TPSA) is 105 Å². The summed E-state index contributed by atoms with van der Waals surface area (Å²) in [5.74, 6) is 2.09. The molecule has 216 valence electrons. The van der Waals surface area contributed by atoms with E-state index in [-0.39, 0.29) is 5.82 Å². The number of pyridine rings is 1. The number of alkyl halides is 3. The Balaban J connectivity index is 1.11. The summed E-state index contributed by atoms with van der Waals surface area (Å²) in [6, 6.07) is 26.3. The molecule has 5 aromatic rings. The van der Waals surface area contributed by atoms with Crippen LogP contribution >= 0.6 is 20.1 Å². The van der Waals surface area contributed by atoms with Crippen LogP contribution < -0.4 is 8.27 Å². The molecule has 0 aliphatic carbocycles. The number of rotatable bonds is 6. The number of ether oxygens (including phenoxy) is 1. The SMILES string of the molecule is N#Cc1nccc(NI2CCN(Cc3ccc(-c4nc5n(c4-c4ccccc4)CCOc4ncccc4-5)cc3)C[C@@H]2F)n1. The van der Waals surface area contributed by atoms with Gasteiger partial charge in [-0.2, -0.15) is 0 Å². The van der Waals surface area contributed by atoms with Gasteiger partial charge in [0.15, 0.2) is 0 Å². The third-order valence-electron chi connectivity index (χ3n) is 7.47. The van der Waals surface area contributed by atoms with Crippen LogP contribution in [0.1, 0.15) is 11.4 Å². The Morgan fingerprint density at radius 1 is 0.953 bits per heavy atom. The third kappa shape index (κ3) is 5.68. The Hall–Kier alpha value is -4.41. The molecular formula is C32H28FIN8O. The molecule has 1 saturated heterocycles. The van der Waals surface area contributed by atoms with E-state index in [2.05, 4.69) is 64.3 Å². The van der Waals surface area contributed by atoms with Crippen molar-refractivity contribution in [2.45, 2.75) is 17.3 Å². The molecule has 0 amide bonds. The third-order valence-corrected chi connectivity index (χ3v) is 12.4. The first kappa shape index (κ1) is 27.4. The minimum atomic E-state index is -2.12. The van der Waals surface area contributed by atoms with Crippen molar-refractivity contribution in [1.29, 1.82) is 5.26 Å². The number of anilines is 1. The van der Waals surface area contributed by atoms with Crippen molar-refractivity contribution >= 4 is 25.9 Å². The van der Waals surface area contributed by atoms with E-state index in [1.165, 1.54) is 6.20 Å². The van der Waals surface area contributed by atoms with Gasteiger partial charge in [-0.1, -0.05) is 18.2 Å². The van der Waals surface area contributed by atoms with Crippen LogP contribution in [0.3, 0.4) is 0 Å². The second kappa shape index (κ2) is 12.1. The first-order chi connectivity index (χ1) is 21.2. The van der Waals surface area contributed by atoms with Gasteiger partial charge in [0.25, 0.3) is 0 Å². The summed E-state index contributed by atoms with van der Waals surface area (Å²) in [6.45, 7) is 3.06. The molecule has 43 heavy (non-hydrogen) atoms. The van der Waals surface area contributed by atoms with Crippen LogP contribution in [-0.2, 0) is 13.1 Å². The van der Waals surface area contributed by atoms with Crippen LogP contribution in [0.25, 0.3) is 33.9 Å². The Bertz CT molecular complexity index is 1790. The Kier molecular flexibility index (Phi) is 7.69. The van der Waals surface area contributed by atoms with Gasteiger partial charge >= 0.3 is 198 Å². The summed E-state index contributed by atoms with van der Waals surface area (Å²) < 4.78 is 26.6. The van der Waals surface area contributed by atoms with Gasteiger partial charge in [0.1, 0.15) is 6.61 Å². The Morgan fingerprint density at radius 2 is 1.81 bits per heavy atom. The molecule has 5 heterocycles. The van der Waals surface area contributed by atoms with E-state index in [9.17, 15) is 0 Å². The molecule has 11 heteroatoms. The predicted molar refractivity (Wildman–Crippen MR) is 171 cm³/mol. The summed E-state index contributed by atoms with van der Waals surface area (Å²) in [7, 11) is 0. The summed E-state index contributed by atoms with van der Waals surface area (Å²) in [4.78, 5) is 19.8. The van der Waals surface area contributed by atoms with E-state index in [4.69, 9.17) is 15.0 Å². The number of aromatic nitrogens is 5. The van der Waals surface area contributed by atoms with Crippen molar-refractivity contribution < 1.29 is 9.13 Å². The number of nitrogens with zero attached hydrogens (tertiary/aromatic N) is 7. The predicted octanol–water partition coefficient (Wildman–Crippen LogP) is 5.98. The zero-order valence-electron chi connectivity index (χ0n) is 23.2. The van der Waals surface area contributed by atoms with E-state index in [0.29, 0.717) is 37.9 Å². The van der Waals surface area contributed by atoms with Crippen molar-refractivity contribution in [3.05, 3.63) is 96.6 Å². The van der Waals surface area contributed by atoms with Crippen LogP contribution in [-0.4, -0.2) is 57.7 Å². The number of benzene rings is 2. The maximum absolute atomic E-state index is 15.2. The van der Waals surface area contributed by atoms with Crippen LogP contribution in [0.4, 0.5) is 10.2 Å². The second-order valence-electron chi connectivity index (χ2n) is 10.2. The monoisotopic (exact) mass is 686 g/mol. The average molecular weight is 687 g/mol. The van der Waals surface area contributed by atoms with Crippen molar-refractivity contribution in [3.8, 4) is 45.9 Å². The zero-order chi connectivity index (χ0) is 29.2. The molecule has 0 saturated carbocycles. The van der Waals surface area contributed by atoms with Gasteiger partial charge in [0.2, 0.25) is 5.88 Å². The van der Waals surface area contributed by atoms with Gasteiger partial charge in [-0.15, -0.1) is 0 Å². The second-order valence-corrected chi connectivity index (χ2v) is 15.5. The first-order valence-corrected chi connectivity index (χ1v) is 17.9. The van der Waals surface area contributed by atoms with E-state index in [0.717, 1.165) is 50.4 Å². The van der Waals surface area contributed by atoms with E-state index >= 15 is 4.39 Å². The molecule has 7 rings (SSSR count). The Morgan fingerprint density at radius 3 is 2.63 bits per heavy atom. The van der Waals surface area contributed by atoms with Crippen molar-refractivity contribution in [3.63, 3.8) is 0 Å². The molecule has 1 N–H and O–H groups in total. The molecule has 2 aromatic carbocycles. The van der Waals surface area contributed by atoms with E-state index in [1.807, 2.05) is 36.4 Å². The summed E-state index contributed by atoms with van der Waals surface area (Å²) >= 11 is -2.12. The van der Waals surface area contributed by atoms with Gasteiger partial charge < -0.3 is 4.74 Å². The number of nitrogens with one attached hydrogen (secondary N) is 1. The number of imidazole rings is 1. The van der Waals surface area contributed by atoms with Gasteiger partial charge in [0.05, 0.1) is 0 Å². The number of halogens is 2. The fraction of sp³-hybridized carbons (Fsp3) is 0.219. The molecule has 0 unspecified atom stereocenters. The summed E-state index contributed by atoms with van der Waals surface area (Å²) in [6.07, 6.45) is 3.27. The number of nitriles is 1. The van der Waals surface area contributed by atoms with E-state index < -0.39 is 24.3 Å². The van der Waals surface area contributed by atoms with Gasteiger partial charge in [-0.3, -0.25) is 0 Å². The van der Waals surface area contributed by atoms with Gasteiger partial charge in [-0.05, 0) is 12.1 Å². The fourth-order valence-corrected chi connectivity index (χ4v) is 9.97. The molecule has 9 nitrogen and oxygen atoms in total. The Labute approximate surface area is 256 Å². The molecule has 3 aromatic heterocycles. The molecule has 2 aliphatic rings. The van der Waals surface area contributed by atoms with Crippen molar-refractivity contribution in [2.24, 2.45) is 0 Å². The van der Waals surface area contributed by atoms with Gasteiger partial charge in [-0.25, -0.2) is 4.98 Å². The zero-order valence-corrected chi connectivity index (χ0v) is 25.4. The molecule has 0 bridgehead atoms. The quantitative estimate of drug-likeness (QED) is 0.132. The maximum atomic E-state index is 15.2. The molecule has 2 aliphatic heterocycles. The molecule has 0 spiro atoms. The van der Waals surface area contributed by atoms with E-state index in [1.54, 1.807) is 12.3 Å². The standard InChI is InChI=1S/C32H28FIN8O/c33-26-21-41(16-13-34(26)40-27-12-15-36-28(19-35)38-27)20-22-8-10-23(11-9-22)29-30(24-5-2-1-3-6-24)42-17-18-43-32-25(31(42)39-29)7-4-14-37-32/h1-12,14-15,26H,13,16-18,20-21H2,(H,36,38,40)/t26-/m1/s1. The van der Waals surface area contributed by atoms with Crippen LogP contribution in [0.2, 0.25) is 0 Å².